The Morgan fingerprint density at radius 3 is 2.72 bits per heavy atom. The topological polar surface area (TPSA) is 95.2 Å². The number of fused-ring (bicyclic) bond motifs is 1. The number of carbonyl (C=O) groups is 1. The van der Waals surface area contributed by atoms with Gasteiger partial charge in [-0.15, -0.1) is 0 Å². The van der Waals surface area contributed by atoms with Crippen molar-refractivity contribution >= 4 is 38.7 Å². The lowest BCUT2D eigenvalue weighted by Crippen LogP contribution is -2.39. The lowest BCUT2D eigenvalue weighted by atomic mass is 10.0. The van der Waals surface area contributed by atoms with Crippen LogP contribution >= 0.6 is 15.9 Å². The van der Waals surface area contributed by atoms with E-state index in [1.807, 2.05) is 24.3 Å². The maximum Gasteiger partial charge on any atom is 0.257 e. The standard InChI is InChI=1S/C23H29BrN6O2/c1-3-10-30-11-8-16(9-12-30)27-20-18(24)13-26-23-21(20)28-22(29-23)15-4-6-17(7-5-15)32-14-19(31)25-2/h4-7,13,16H,3,8-12,14H2,1-2H3,(H,25,31)(H2,26,27,28,29). The van der Waals surface area contributed by atoms with E-state index in [-0.39, 0.29) is 12.5 Å². The zero-order valence-corrected chi connectivity index (χ0v) is 20.0. The van der Waals surface area contributed by atoms with Gasteiger partial charge in [-0.05, 0) is 66.0 Å². The molecule has 2 aromatic heterocycles. The number of imidazole rings is 1. The van der Waals surface area contributed by atoms with Gasteiger partial charge in [0.1, 0.15) is 17.1 Å². The number of pyridine rings is 1. The van der Waals surface area contributed by atoms with Crippen molar-refractivity contribution in [3.8, 4) is 17.1 Å². The molecule has 1 amide bonds. The number of hydrogen-bond donors (Lipinski definition) is 3. The summed E-state index contributed by atoms with van der Waals surface area (Å²) in [4.78, 5) is 26.5. The number of nitrogens with one attached hydrogen (secondary N) is 3. The van der Waals surface area contributed by atoms with Gasteiger partial charge in [-0.25, -0.2) is 9.97 Å². The van der Waals surface area contributed by atoms with Crippen LogP contribution in [-0.4, -0.2) is 65.1 Å². The van der Waals surface area contributed by atoms with Gasteiger partial charge in [0.2, 0.25) is 0 Å². The van der Waals surface area contributed by atoms with Gasteiger partial charge in [0.05, 0.1) is 10.2 Å². The van der Waals surface area contributed by atoms with Gasteiger partial charge in [-0.1, -0.05) is 6.92 Å². The Balaban J connectivity index is 1.50. The molecule has 0 radical (unpaired) electrons. The zero-order valence-electron chi connectivity index (χ0n) is 18.4. The molecular weight excluding hydrogens is 472 g/mol. The molecule has 0 spiro atoms. The minimum atomic E-state index is -0.168. The third kappa shape index (κ3) is 5.21. The first-order valence-corrected chi connectivity index (χ1v) is 11.8. The molecule has 0 saturated carbocycles. The summed E-state index contributed by atoms with van der Waals surface area (Å²) in [6.45, 7) is 5.65. The maximum absolute atomic E-state index is 11.4. The third-order valence-corrected chi connectivity index (χ3v) is 6.33. The largest absolute Gasteiger partial charge is 0.484 e. The van der Waals surface area contributed by atoms with Crippen molar-refractivity contribution in [2.45, 2.75) is 32.2 Å². The number of likely N-dealkylation sites (N-methyl/N-ethyl adjacent to an activating group) is 1. The van der Waals surface area contributed by atoms with Gasteiger partial charge in [0, 0.05) is 37.9 Å². The van der Waals surface area contributed by atoms with E-state index in [4.69, 9.17) is 9.72 Å². The fourth-order valence-electron chi connectivity index (χ4n) is 3.96. The minimum absolute atomic E-state index is 0.00910. The van der Waals surface area contributed by atoms with Crippen LogP contribution in [0.1, 0.15) is 26.2 Å². The molecule has 0 atom stereocenters. The summed E-state index contributed by atoms with van der Waals surface area (Å²) in [5, 5.41) is 6.25. The molecule has 3 N–H and O–H groups in total. The number of carbonyl (C=O) groups excluding carboxylic acids is 1. The number of ether oxygens (including phenoxy) is 1. The van der Waals surface area contributed by atoms with Crippen LogP contribution in [0.15, 0.2) is 34.9 Å². The molecule has 1 aromatic carbocycles. The zero-order chi connectivity index (χ0) is 22.5. The predicted molar refractivity (Wildman–Crippen MR) is 130 cm³/mol. The molecule has 3 heterocycles. The second-order valence-corrected chi connectivity index (χ2v) is 8.87. The Hall–Kier alpha value is -2.65. The van der Waals surface area contributed by atoms with Crippen LogP contribution in [0.4, 0.5) is 5.69 Å². The molecule has 0 unspecified atom stereocenters. The molecule has 8 nitrogen and oxygen atoms in total. The normalized spacial score (nSPS) is 15.1. The second-order valence-electron chi connectivity index (χ2n) is 8.01. The number of nitrogens with zero attached hydrogens (tertiary/aromatic N) is 3. The summed E-state index contributed by atoms with van der Waals surface area (Å²) >= 11 is 3.66. The van der Waals surface area contributed by atoms with Crippen molar-refractivity contribution in [1.29, 1.82) is 0 Å². The molecule has 1 aliphatic heterocycles. The third-order valence-electron chi connectivity index (χ3n) is 5.73. The average Bonchev–Trinajstić information content (AvgIpc) is 3.25. The van der Waals surface area contributed by atoms with E-state index in [1.54, 1.807) is 13.2 Å². The van der Waals surface area contributed by atoms with Gasteiger partial charge in [0.25, 0.3) is 5.91 Å². The van der Waals surface area contributed by atoms with E-state index < -0.39 is 0 Å². The van der Waals surface area contributed by atoms with Crippen LogP contribution in [0.3, 0.4) is 0 Å². The molecule has 170 valence electrons. The highest BCUT2D eigenvalue weighted by atomic mass is 79.9. The smallest absolute Gasteiger partial charge is 0.257 e. The van der Waals surface area contributed by atoms with Crippen molar-refractivity contribution in [3.05, 3.63) is 34.9 Å². The number of aromatic amines is 1. The number of amides is 1. The summed E-state index contributed by atoms with van der Waals surface area (Å²) in [5.74, 6) is 1.20. The fraction of sp³-hybridized carbons (Fsp3) is 0.435. The number of likely N-dealkylation sites (tertiary alicyclic amines) is 1. The monoisotopic (exact) mass is 500 g/mol. The van der Waals surface area contributed by atoms with E-state index in [2.05, 4.69) is 48.4 Å². The van der Waals surface area contributed by atoms with E-state index in [1.165, 1.54) is 13.0 Å². The Bertz CT molecular complexity index is 1060. The van der Waals surface area contributed by atoms with Crippen LogP contribution < -0.4 is 15.4 Å². The molecule has 1 fully saturated rings. The molecule has 0 aliphatic carbocycles. The van der Waals surface area contributed by atoms with Crippen molar-refractivity contribution < 1.29 is 9.53 Å². The summed E-state index contributed by atoms with van der Waals surface area (Å²) in [7, 11) is 1.58. The second kappa shape index (κ2) is 10.3. The van der Waals surface area contributed by atoms with Crippen LogP contribution in [0.2, 0.25) is 0 Å². The van der Waals surface area contributed by atoms with Crippen molar-refractivity contribution in [2.75, 3.05) is 38.6 Å². The van der Waals surface area contributed by atoms with E-state index >= 15 is 0 Å². The van der Waals surface area contributed by atoms with E-state index in [0.29, 0.717) is 17.4 Å². The molecule has 4 rings (SSSR count). The summed E-state index contributed by atoms with van der Waals surface area (Å²) in [6.07, 6.45) is 5.24. The number of hydrogen-bond acceptors (Lipinski definition) is 6. The number of aromatic nitrogens is 3. The molecule has 1 saturated heterocycles. The highest BCUT2D eigenvalue weighted by Crippen LogP contribution is 2.32. The van der Waals surface area contributed by atoms with Crippen molar-refractivity contribution in [3.63, 3.8) is 0 Å². The minimum Gasteiger partial charge on any atom is -0.484 e. The number of anilines is 1. The summed E-state index contributed by atoms with van der Waals surface area (Å²) in [5.41, 5.74) is 3.50. The lowest BCUT2D eigenvalue weighted by molar-refractivity contribution is -0.122. The van der Waals surface area contributed by atoms with Crippen LogP contribution in [0, 0.1) is 0 Å². The number of rotatable bonds is 8. The Morgan fingerprint density at radius 2 is 2.03 bits per heavy atom. The van der Waals surface area contributed by atoms with Gasteiger partial charge in [-0.3, -0.25) is 4.79 Å². The number of H-pyrrole nitrogens is 1. The first-order valence-electron chi connectivity index (χ1n) is 11.0. The summed E-state index contributed by atoms with van der Waals surface area (Å²) < 4.78 is 6.40. The van der Waals surface area contributed by atoms with Gasteiger partial charge < -0.3 is 25.3 Å². The van der Waals surface area contributed by atoms with Crippen LogP contribution in [0.25, 0.3) is 22.6 Å². The highest BCUT2D eigenvalue weighted by molar-refractivity contribution is 9.10. The molecule has 3 aromatic rings. The lowest BCUT2D eigenvalue weighted by Gasteiger charge is -2.32. The van der Waals surface area contributed by atoms with Crippen LogP contribution in [0.5, 0.6) is 5.75 Å². The summed E-state index contributed by atoms with van der Waals surface area (Å²) in [6, 6.07) is 7.93. The van der Waals surface area contributed by atoms with Gasteiger partial charge >= 0.3 is 0 Å². The van der Waals surface area contributed by atoms with Crippen molar-refractivity contribution in [2.24, 2.45) is 0 Å². The van der Waals surface area contributed by atoms with E-state index in [0.717, 1.165) is 53.0 Å². The van der Waals surface area contributed by atoms with Crippen molar-refractivity contribution in [1.82, 2.24) is 25.2 Å². The predicted octanol–water partition coefficient (Wildman–Crippen LogP) is 3.80. The van der Waals surface area contributed by atoms with Crippen LogP contribution in [-0.2, 0) is 4.79 Å². The average molecular weight is 501 g/mol. The van der Waals surface area contributed by atoms with Gasteiger partial charge in [0.15, 0.2) is 12.3 Å². The number of halogens is 1. The quantitative estimate of drug-likeness (QED) is 0.435. The highest BCUT2D eigenvalue weighted by Gasteiger charge is 2.21. The molecule has 1 aliphatic rings. The SMILES string of the molecule is CCCN1CCC(Nc2c(Br)cnc3nc(-c4ccc(OCC(=O)NC)cc4)[nH]c23)CC1. The fourth-order valence-corrected chi connectivity index (χ4v) is 4.38. The molecule has 0 bridgehead atoms. The Labute approximate surface area is 196 Å². The maximum atomic E-state index is 11.4. The first-order chi connectivity index (χ1) is 15.6. The Kier molecular flexibility index (Phi) is 7.26. The molecule has 9 heteroatoms. The number of benzene rings is 1. The van der Waals surface area contributed by atoms with E-state index in [9.17, 15) is 4.79 Å². The Morgan fingerprint density at radius 1 is 1.28 bits per heavy atom. The van der Waals surface area contributed by atoms with Gasteiger partial charge in [-0.2, -0.15) is 0 Å². The molecular formula is C23H29BrN6O2. The molecule has 32 heavy (non-hydrogen) atoms. The number of piperidine rings is 1. The first kappa shape index (κ1) is 22.5.